The van der Waals surface area contributed by atoms with E-state index in [1.165, 1.54) is 11.3 Å². The number of rotatable bonds is 8. The largest absolute Gasteiger partial charge is 0.350 e. The maximum atomic E-state index is 12.9. The lowest BCUT2D eigenvalue weighted by molar-refractivity contribution is -0.117. The van der Waals surface area contributed by atoms with E-state index in [1.54, 1.807) is 24.5 Å². The number of aromatic amines is 1. The van der Waals surface area contributed by atoms with Crippen LogP contribution in [0.25, 0.3) is 21.5 Å². The number of nitrogens with one attached hydrogen (secondary N) is 3. The number of anilines is 1. The molecular weight excluding hydrogens is 450 g/mol. The molecule has 0 radical (unpaired) electrons. The number of benzene rings is 1. The number of H-pyrrole nitrogens is 1. The van der Waals surface area contributed by atoms with Gasteiger partial charge in [0.2, 0.25) is 5.95 Å². The van der Waals surface area contributed by atoms with Gasteiger partial charge in [0.25, 0.3) is 11.8 Å². The van der Waals surface area contributed by atoms with Crippen LogP contribution in [0, 0.1) is 17.2 Å². The van der Waals surface area contributed by atoms with Gasteiger partial charge in [-0.05, 0) is 30.2 Å². The van der Waals surface area contributed by atoms with Crippen LogP contribution >= 0.6 is 11.3 Å². The lowest BCUT2D eigenvalue weighted by Gasteiger charge is -2.11. The van der Waals surface area contributed by atoms with Gasteiger partial charge in [0.1, 0.15) is 11.6 Å². The smallest absolute Gasteiger partial charge is 0.268 e. The number of nitrogens with zero attached hydrogens (tertiary/aromatic N) is 4. The minimum Gasteiger partial charge on any atom is -0.350 e. The number of carbonyl (C=O) groups excluding carboxylic acids is 2. The Morgan fingerprint density at radius 2 is 2.09 bits per heavy atom. The molecule has 0 unspecified atom stereocenters. The average Bonchev–Trinajstić information content (AvgIpc) is 3.57. The van der Waals surface area contributed by atoms with Crippen LogP contribution in [0.2, 0.25) is 0 Å². The van der Waals surface area contributed by atoms with Gasteiger partial charge < -0.3 is 9.88 Å². The fourth-order valence-electron chi connectivity index (χ4n) is 3.43. The van der Waals surface area contributed by atoms with E-state index in [9.17, 15) is 14.9 Å². The number of carbonyl (C=O) groups is 2. The second-order valence-electron chi connectivity index (χ2n) is 7.87. The maximum absolute atomic E-state index is 12.9. The molecule has 0 spiro atoms. The Bertz CT molecular complexity index is 1390. The predicted molar refractivity (Wildman–Crippen MR) is 131 cm³/mol. The van der Waals surface area contributed by atoms with Crippen molar-refractivity contribution in [3.63, 3.8) is 0 Å². The van der Waals surface area contributed by atoms with Gasteiger partial charge in [-0.3, -0.25) is 20.0 Å². The maximum Gasteiger partial charge on any atom is 0.268 e. The molecule has 1 aromatic carbocycles. The molecule has 10 heteroatoms. The summed E-state index contributed by atoms with van der Waals surface area (Å²) in [7, 11) is 0. The van der Waals surface area contributed by atoms with Gasteiger partial charge >= 0.3 is 0 Å². The zero-order valence-corrected chi connectivity index (χ0v) is 19.5. The predicted octanol–water partition coefficient (Wildman–Crippen LogP) is 3.96. The van der Waals surface area contributed by atoms with E-state index < -0.39 is 5.91 Å². The van der Waals surface area contributed by atoms with Crippen LogP contribution in [-0.4, -0.2) is 38.1 Å². The number of aromatic nitrogens is 4. The van der Waals surface area contributed by atoms with Crippen molar-refractivity contribution in [3.05, 3.63) is 65.3 Å². The summed E-state index contributed by atoms with van der Waals surface area (Å²) in [6.45, 7) is 4.45. The molecule has 0 aliphatic carbocycles. The molecule has 0 fully saturated rings. The normalized spacial score (nSPS) is 11.5. The molecule has 34 heavy (non-hydrogen) atoms. The van der Waals surface area contributed by atoms with Crippen molar-refractivity contribution in [2.45, 2.75) is 20.4 Å². The number of hydrogen-bond acceptors (Lipinski definition) is 6. The van der Waals surface area contributed by atoms with Gasteiger partial charge in [0, 0.05) is 29.7 Å². The lowest BCUT2D eigenvalue weighted by Crippen LogP contribution is -2.29. The Kier molecular flexibility index (Phi) is 6.85. The first kappa shape index (κ1) is 22.9. The number of thiophene rings is 1. The Hall–Kier alpha value is -4.23. The van der Waals surface area contributed by atoms with Gasteiger partial charge in [0.05, 0.1) is 22.1 Å². The monoisotopic (exact) mass is 473 g/mol. The van der Waals surface area contributed by atoms with E-state index in [4.69, 9.17) is 0 Å². The summed E-state index contributed by atoms with van der Waals surface area (Å²) in [6.07, 6.45) is 5.11. The van der Waals surface area contributed by atoms with Crippen molar-refractivity contribution in [1.82, 2.24) is 25.1 Å². The van der Waals surface area contributed by atoms with E-state index >= 15 is 0 Å². The van der Waals surface area contributed by atoms with Crippen molar-refractivity contribution in [1.29, 1.82) is 5.26 Å². The van der Waals surface area contributed by atoms with Crippen molar-refractivity contribution < 1.29 is 9.59 Å². The second kappa shape index (κ2) is 10.1. The van der Waals surface area contributed by atoms with Crippen LogP contribution in [0.3, 0.4) is 0 Å². The van der Waals surface area contributed by atoms with Crippen molar-refractivity contribution in [2.75, 3.05) is 11.9 Å². The van der Waals surface area contributed by atoms with Crippen molar-refractivity contribution >= 4 is 40.1 Å². The first-order valence-corrected chi connectivity index (χ1v) is 11.5. The number of imidazole rings is 1. The van der Waals surface area contributed by atoms with Gasteiger partial charge in [-0.15, -0.1) is 11.3 Å². The number of fused-ring (bicyclic) bond motifs is 1. The summed E-state index contributed by atoms with van der Waals surface area (Å²) >= 11 is 1.36. The summed E-state index contributed by atoms with van der Waals surface area (Å²) in [5.74, 6) is -0.216. The minimum absolute atomic E-state index is 0.0881. The Balaban J connectivity index is 1.51. The summed E-state index contributed by atoms with van der Waals surface area (Å²) < 4.78 is 1.84. The molecule has 0 atom stereocenters. The molecular formula is C24H23N7O2S. The van der Waals surface area contributed by atoms with Gasteiger partial charge in [0.15, 0.2) is 0 Å². The van der Waals surface area contributed by atoms with Crippen LogP contribution in [0.1, 0.15) is 23.5 Å². The van der Waals surface area contributed by atoms with E-state index in [2.05, 4.69) is 25.8 Å². The van der Waals surface area contributed by atoms with Gasteiger partial charge in [-0.25, -0.2) is 4.98 Å². The number of allylic oxidation sites excluding steroid dienone is 1. The SMILES string of the molecule is CC(C)/C=C(\C#N)C(=O)NCCn1c(NC(=O)c2ccc(-c3cn[nH]c3)s2)nc2ccccc21. The summed E-state index contributed by atoms with van der Waals surface area (Å²) in [5, 5.41) is 21.6. The highest BCUT2D eigenvalue weighted by molar-refractivity contribution is 7.17. The van der Waals surface area contributed by atoms with Crippen LogP contribution in [-0.2, 0) is 11.3 Å². The molecule has 0 saturated carbocycles. The van der Waals surface area contributed by atoms with Crippen LogP contribution in [0.4, 0.5) is 5.95 Å². The molecule has 0 aliphatic rings. The van der Waals surface area contributed by atoms with Crippen molar-refractivity contribution in [2.24, 2.45) is 5.92 Å². The topological polar surface area (TPSA) is 128 Å². The third-order valence-corrected chi connectivity index (χ3v) is 6.11. The Labute approximate surface area is 200 Å². The number of amides is 2. The first-order chi connectivity index (χ1) is 16.5. The van der Waals surface area contributed by atoms with E-state index in [0.29, 0.717) is 17.4 Å². The molecule has 3 aromatic heterocycles. The number of para-hydroxylation sites is 2. The number of hydrogen-bond donors (Lipinski definition) is 3. The molecule has 172 valence electrons. The molecule has 0 bridgehead atoms. The second-order valence-corrected chi connectivity index (χ2v) is 8.96. The average molecular weight is 474 g/mol. The summed E-state index contributed by atoms with van der Waals surface area (Å²) in [6, 6.07) is 13.1. The summed E-state index contributed by atoms with van der Waals surface area (Å²) in [4.78, 5) is 31.3. The van der Waals surface area contributed by atoms with Crippen molar-refractivity contribution in [3.8, 4) is 16.5 Å². The Morgan fingerprint density at radius 1 is 1.26 bits per heavy atom. The highest BCUT2D eigenvalue weighted by Gasteiger charge is 2.17. The lowest BCUT2D eigenvalue weighted by atomic mass is 10.1. The van der Waals surface area contributed by atoms with E-state index in [0.717, 1.165) is 21.5 Å². The first-order valence-electron chi connectivity index (χ1n) is 10.7. The molecule has 3 N–H and O–H groups in total. The minimum atomic E-state index is -0.420. The standard InChI is InChI=1S/C24H23N7O2S/c1-15(2)11-16(12-25)22(32)26-9-10-31-19-6-4-3-5-18(19)29-24(31)30-23(33)21-8-7-20(34-21)17-13-27-28-14-17/h3-8,11,13-15H,9-10H2,1-2H3,(H,26,32)(H,27,28)(H,29,30,33)/b16-11+. The molecule has 0 aliphatic heterocycles. The highest BCUT2D eigenvalue weighted by Crippen LogP contribution is 2.28. The van der Waals surface area contributed by atoms with E-state index in [-0.39, 0.29) is 23.9 Å². The molecule has 3 heterocycles. The molecule has 2 amide bonds. The molecule has 4 aromatic rings. The third kappa shape index (κ3) is 5.05. The zero-order chi connectivity index (χ0) is 24.1. The van der Waals surface area contributed by atoms with Crippen LogP contribution in [0.15, 0.2) is 60.4 Å². The fourth-order valence-corrected chi connectivity index (χ4v) is 4.32. The molecule has 4 rings (SSSR count). The van der Waals surface area contributed by atoms with Crippen LogP contribution in [0.5, 0.6) is 0 Å². The molecule has 9 nitrogen and oxygen atoms in total. The fraction of sp³-hybridized carbons (Fsp3) is 0.208. The Morgan fingerprint density at radius 3 is 2.82 bits per heavy atom. The quantitative estimate of drug-likeness (QED) is 0.264. The van der Waals surface area contributed by atoms with E-state index in [1.807, 2.05) is 54.8 Å². The van der Waals surface area contributed by atoms with Gasteiger partial charge in [-0.2, -0.15) is 10.4 Å². The zero-order valence-electron chi connectivity index (χ0n) is 18.7. The number of nitriles is 1. The van der Waals surface area contributed by atoms with Crippen LogP contribution < -0.4 is 10.6 Å². The van der Waals surface area contributed by atoms with Gasteiger partial charge in [-0.1, -0.05) is 32.1 Å². The highest BCUT2D eigenvalue weighted by atomic mass is 32.1. The molecule has 0 saturated heterocycles. The summed E-state index contributed by atoms with van der Waals surface area (Å²) in [5.41, 5.74) is 2.56. The third-order valence-electron chi connectivity index (χ3n) is 4.98.